The lowest BCUT2D eigenvalue weighted by Gasteiger charge is -2.13. The molecule has 0 aliphatic rings. The van der Waals surface area contributed by atoms with Crippen LogP contribution in [0.3, 0.4) is 0 Å². The molecule has 2 aromatic rings. The molecule has 1 N–H and O–H groups in total. The number of nitriles is 2. The van der Waals surface area contributed by atoms with Gasteiger partial charge < -0.3 is 14.8 Å². The maximum Gasteiger partial charge on any atom is 0.204 e. The number of rotatable bonds is 4. The molecule has 0 aliphatic heterocycles. The molecule has 106 valence electrons. The predicted octanol–water partition coefficient (Wildman–Crippen LogP) is 1.84. The first-order chi connectivity index (χ1) is 10.1. The van der Waals surface area contributed by atoms with Gasteiger partial charge in [0.25, 0.3) is 0 Å². The van der Waals surface area contributed by atoms with Gasteiger partial charge in [-0.25, -0.2) is 4.98 Å². The Morgan fingerprint density at radius 2 is 1.95 bits per heavy atom. The summed E-state index contributed by atoms with van der Waals surface area (Å²) in [6.45, 7) is 0.591. The molecule has 2 rings (SSSR count). The van der Waals surface area contributed by atoms with Crippen molar-refractivity contribution in [3.8, 4) is 12.1 Å². The number of aromatic nitrogens is 2. The van der Waals surface area contributed by atoms with Gasteiger partial charge in [0.15, 0.2) is 0 Å². The molecule has 0 aliphatic carbocycles. The van der Waals surface area contributed by atoms with Crippen LogP contribution >= 0.6 is 0 Å². The number of hydrogen-bond acceptors (Lipinski definition) is 5. The second-order valence-corrected chi connectivity index (χ2v) is 4.84. The highest BCUT2D eigenvalue weighted by Gasteiger charge is 2.08. The van der Waals surface area contributed by atoms with Crippen molar-refractivity contribution in [3.05, 3.63) is 41.2 Å². The van der Waals surface area contributed by atoms with Crippen LogP contribution in [0.25, 0.3) is 0 Å². The minimum atomic E-state index is 0.376. The second kappa shape index (κ2) is 5.98. The highest BCUT2D eigenvalue weighted by molar-refractivity contribution is 5.56. The lowest BCUT2D eigenvalue weighted by atomic mass is 10.1. The average Bonchev–Trinajstić information content (AvgIpc) is 2.86. The topological polar surface area (TPSA) is 80.7 Å². The van der Waals surface area contributed by atoms with Crippen LogP contribution in [0.1, 0.15) is 16.8 Å². The summed E-state index contributed by atoms with van der Waals surface area (Å²) < 4.78 is 2.00. The monoisotopic (exact) mass is 280 g/mol. The maximum absolute atomic E-state index is 9.02. The fourth-order valence-corrected chi connectivity index (χ4v) is 2.05. The van der Waals surface area contributed by atoms with Crippen molar-refractivity contribution in [1.82, 2.24) is 9.55 Å². The van der Waals surface area contributed by atoms with E-state index in [1.165, 1.54) is 0 Å². The van der Waals surface area contributed by atoms with Crippen molar-refractivity contribution in [2.75, 3.05) is 24.3 Å². The van der Waals surface area contributed by atoms with E-state index in [2.05, 4.69) is 10.3 Å². The Balaban J connectivity index is 2.14. The molecule has 1 heterocycles. The lowest BCUT2D eigenvalue weighted by molar-refractivity contribution is 0.814. The van der Waals surface area contributed by atoms with Crippen molar-refractivity contribution in [2.45, 2.75) is 6.54 Å². The van der Waals surface area contributed by atoms with Gasteiger partial charge in [0.05, 0.1) is 29.6 Å². The molecule has 0 radical (unpaired) electrons. The molecule has 1 aromatic heterocycles. The van der Waals surface area contributed by atoms with Gasteiger partial charge in [-0.15, -0.1) is 0 Å². The Labute approximate surface area is 123 Å². The summed E-state index contributed by atoms with van der Waals surface area (Å²) in [5, 5.41) is 21.2. The Morgan fingerprint density at radius 1 is 1.24 bits per heavy atom. The number of nitrogens with zero attached hydrogens (tertiary/aromatic N) is 5. The van der Waals surface area contributed by atoms with Gasteiger partial charge in [-0.3, -0.25) is 0 Å². The molecule has 0 amide bonds. The standard InChI is InChI=1S/C15H16N6/c1-20(2)15-19-10-14(21(15)3)9-18-13-5-4-11(7-16)12(6-13)8-17/h4-6,10,18H,9H2,1-3H3. The average molecular weight is 280 g/mol. The summed E-state index contributed by atoms with van der Waals surface area (Å²) >= 11 is 0. The largest absolute Gasteiger partial charge is 0.379 e. The molecule has 0 bridgehead atoms. The fourth-order valence-electron chi connectivity index (χ4n) is 2.05. The van der Waals surface area contributed by atoms with Crippen molar-refractivity contribution < 1.29 is 0 Å². The van der Waals surface area contributed by atoms with Crippen molar-refractivity contribution >= 4 is 11.6 Å². The molecule has 0 spiro atoms. The molecule has 0 unspecified atom stereocenters. The van der Waals surface area contributed by atoms with E-state index < -0.39 is 0 Å². The summed E-state index contributed by atoms with van der Waals surface area (Å²) in [7, 11) is 5.84. The summed E-state index contributed by atoms with van der Waals surface area (Å²) in [5.74, 6) is 0.879. The molecular formula is C15H16N6. The van der Waals surface area contributed by atoms with E-state index in [1.807, 2.05) is 48.9 Å². The number of benzene rings is 1. The van der Waals surface area contributed by atoms with Crippen LogP contribution < -0.4 is 10.2 Å². The first-order valence-electron chi connectivity index (χ1n) is 6.43. The van der Waals surface area contributed by atoms with Crippen molar-refractivity contribution in [2.24, 2.45) is 7.05 Å². The van der Waals surface area contributed by atoms with Crippen LogP contribution in [0.15, 0.2) is 24.4 Å². The van der Waals surface area contributed by atoms with Crippen molar-refractivity contribution in [3.63, 3.8) is 0 Å². The van der Waals surface area contributed by atoms with Crippen LogP contribution in [0.2, 0.25) is 0 Å². The zero-order valence-electron chi connectivity index (χ0n) is 12.3. The SMILES string of the molecule is CN(C)c1ncc(CNc2ccc(C#N)c(C#N)c2)n1C. The zero-order chi connectivity index (χ0) is 15.4. The van der Waals surface area contributed by atoms with Gasteiger partial charge in [-0.1, -0.05) is 0 Å². The zero-order valence-corrected chi connectivity index (χ0v) is 12.3. The molecule has 6 heteroatoms. The van der Waals surface area contributed by atoms with Crippen LogP contribution in [0, 0.1) is 22.7 Å². The molecule has 0 fully saturated rings. The Morgan fingerprint density at radius 3 is 2.52 bits per heavy atom. The van der Waals surface area contributed by atoms with Crippen molar-refractivity contribution in [1.29, 1.82) is 10.5 Å². The Kier molecular flexibility index (Phi) is 4.10. The first-order valence-corrected chi connectivity index (χ1v) is 6.43. The maximum atomic E-state index is 9.02. The number of hydrogen-bond donors (Lipinski definition) is 1. The normalized spacial score (nSPS) is 9.76. The molecule has 21 heavy (non-hydrogen) atoms. The minimum Gasteiger partial charge on any atom is -0.379 e. The highest BCUT2D eigenvalue weighted by atomic mass is 15.3. The van der Waals surface area contributed by atoms with Gasteiger partial charge in [-0.05, 0) is 18.2 Å². The van der Waals surface area contributed by atoms with E-state index in [1.54, 1.807) is 18.2 Å². The quantitative estimate of drug-likeness (QED) is 0.924. The fraction of sp³-hybridized carbons (Fsp3) is 0.267. The third-order valence-corrected chi connectivity index (χ3v) is 3.19. The van der Waals surface area contributed by atoms with E-state index in [0.717, 1.165) is 17.3 Å². The lowest BCUT2D eigenvalue weighted by Crippen LogP contribution is -2.15. The number of anilines is 2. The number of imidazole rings is 1. The highest BCUT2D eigenvalue weighted by Crippen LogP contribution is 2.17. The van der Waals surface area contributed by atoms with Gasteiger partial charge in [0, 0.05) is 26.8 Å². The minimum absolute atomic E-state index is 0.376. The predicted molar refractivity (Wildman–Crippen MR) is 80.7 cm³/mol. The molecule has 6 nitrogen and oxygen atoms in total. The molecule has 0 saturated carbocycles. The summed E-state index contributed by atoms with van der Waals surface area (Å²) in [5.41, 5.74) is 2.60. The van der Waals surface area contributed by atoms with E-state index in [4.69, 9.17) is 10.5 Å². The Bertz CT molecular complexity index is 730. The molecule has 1 aromatic carbocycles. The smallest absolute Gasteiger partial charge is 0.204 e. The first kappa shape index (κ1) is 14.4. The summed E-state index contributed by atoms with van der Waals surface area (Å²) in [6, 6.07) is 9.16. The van der Waals surface area contributed by atoms with Gasteiger partial charge >= 0.3 is 0 Å². The second-order valence-electron chi connectivity index (χ2n) is 4.84. The van der Waals surface area contributed by atoms with Gasteiger partial charge in [-0.2, -0.15) is 10.5 Å². The number of nitrogens with one attached hydrogen (secondary N) is 1. The summed E-state index contributed by atoms with van der Waals surface area (Å²) in [6.07, 6.45) is 1.82. The molecule has 0 atom stereocenters. The molecule has 0 saturated heterocycles. The molecular weight excluding hydrogens is 264 g/mol. The third kappa shape index (κ3) is 2.96. The Hall–Kier alpha value is -2.99. The van der Waals surface area contributed by atoms with Gasteiger partial charge in [0.1, 0.15) is 12.1 Å². The third-order valence-electron chi connectivity index (χ3n) is 3.19. The van der Waals surface area contributed by atoms with E-state index in [-0.39, 0.29) is 0 Å². The van der Waals surface area contributed by atoms with E-state index in [9.17, 15) is 0 Å². The van der Waals surface area contributed by atoms with E-state index >= 15 is 0 Å². The van der Waals surface area contributed by atoms with Crippen LogP contribution in [0.4, 0.5) is 11.6 Å². The van der Waals surface area contributed by atoms with Gasteiger partial charge in [0.2, 0.25) is 5.95 Å². The van der Waals surface area contributed by atoms with Crippen LogP contribution in [0.5, 0.6) is 0 Å². The van der Waals surface area contributed by atoms with E-state index in [0.29, 0.717) is 17.7 Å². The van der Waals surface area contributed by atoms with Crippen LogP contribution in [-0.4, -0.2) is 23.6 Å². The van der Waals surface area contributed by atoms with Crippen LogP contribution in [-0.2, 0) is 13.6 Å². The summed E-state index contributed by atoms with van der Waals surface area (Å²) in [4.78, 5) is 6.29.